The molecule has 0 aliphatic heterocycles. The van der Waals surface area contributed by atoms with E-state index in [0.29, 0.717) is 5.92 Å². The topological polar surface area (TPSA) is 117 Å². The SMILES string of the molecule is COc1cccc([C@@]2(O)CCCC[C@@H]2CN(C)C)c1.O=C(Oc1ccccc1C(=O)O)c1ccccc1O. The van der Waals surface area contributed by atoms with Gasteiger partial charge >= 0.3 is 11.9 Å². The summed E-state index contributed by atoms with van der Waals surface area (Å²) in [5.74, 6) is -1.18. The lowest BCUT2D eigenvalue weighted by Crippen LogP contribution is -2.43. The van der Waals surface area contributed by atoms with Gasteiger partial charge in [-0.05, 0) is 68.9 Å². The maximum Gasteiger partial charge on any atom is 0.347 e. The van der Waals surface area contributed by atoms with Gasteiger partial charge in [-0.3, -0.25) is 0 Å². The van der Waals surface area contributed by atoms with E-state index in [-0.39, 0.29) is 22.6 Å². The maximum absolute atomic E-state index is 11.8. The number of nitrogens with zero attached hydrogens (tertiary/aromatic N) is 1. The monoisotopic (exact) mass is 521 g/mol. The number of hydrogen-bond donors (Lipinski definition) is 3. The standard InChI is InChI=1S/C16H25NO2.C14H10O5/c1-17(2)12-14-7-4-5-10-16(14,18)13-8-6-9-15(11-13)19-3;15-11-7-3-1-5-9(11)14(18)19-12-8-4-2-6-10(12)13(16)17/h6,8-9,11,14,18H,4-5,7,10,12H2,1-3H3;1-8,15H,(H,16,17)/t14-,16+;/m1./s1. The van der Waals surface area contributed by atoms with E-state index in [1.165, 1.54) is 36.8 Å². The molecule has 0 saturated heterocycles. The number of carbonyl (C=O) groups is 2. The minimum absolute atomic E-state index is 0.0253. The fourth-order valence-electron chi connectivity index (χ4n) is 4.72. The first-order valence-electron chi connectivity index (χ1n) is 12.5. The van der Waals surface area contributed by atoms with Crippen molar-refractivity contribution in [2.45, 2.75) is 31.3 Å². The molecule has 0 amide bonds. The van der Waals surface area contributed by atoms with Crippen LogP contribution in [0.5, 0.6) is 17.2 Å². The van der Waals surface area contributed by atoms with Gasteiger partial charge < -0.3 is 29.7 Å². The summed E-state index contributed by atoms with van der Waals surface area (Å²) < 4.78 is 10.3. The van der Waals surface area contributed by atoms with Crippen LogP contribution in [0.25, 0.3) is 0 Å². The summed E-state index contributed by atoms with van der Waals surface area (Å²) in [7, 11) is 5.81. The molecule has 1 aliphatic carbocycles. The van der Waals surface area contributed by atoms with E-state index in [4.69, 9.17) is 14.6 Å². The Morgan fingerprint density at radius 3 is 2.32 bits per heavy atom. The van der Waals surface area contributed by atoms with Crippen LogP contribution in [0, 0.1) is 5.92 Å². The smallest absolute Gasteiger partial charge is 0.347 e. The highest BCUT2D eigenvalue weighted by atomic mass is 16.5. The Morgan fingerprint density at radius 2 is 1.66 bits per heavy atom. The Labute approximate surface area is 223 Å². The molecule has 8 heteroatoms. The lowest BCUT2D eigenvalue weighted by molar-refractivity contribution is -0.0619. The highest BCUT2D eigenvalue weighted by Gasteiger charge is 2.40. The summed E-state index contributed by atoms with van der Waals surface area (Å²) in [5.41, 5.74) is 0.143. The van der Waals surface area contributed by atoms with Gasteiger partial charge in [0.2, 0.25) is 0 Å². The van der Waals surface area contributed by atoms with E-state index in [9.17, 15) is 19.8 Å². The molecule has 2 atom stereocenters. The molecule has 0 unspecified atom stereocenters. The zero-order chi connectivity index (χ0) is 27.7. The number of phenolic OH excluding ortho intramolecular Hbond substituents is 1. The van der Waals surface area contributed by atoms with Crippen LogP contribution in [0.1, 0.15) is 52.0 Å². The Balaban J connectivity index is 0.000000211. The second-order valence-electron chi connectivity index (χ2n) is 9.57. The van der Waals surface area contributed by atoms with Gasteiger partial charge in [0, 0.05) is 12.5 Å². The zero-order valence-corrected chi connectivity index (χ0v) is 22.0. The number of para-hydroxylation sites is 2. The number of esters is 1. The third-order valence-electron chi connectivity index (χ3n) is 6.64. The van der Waals surface area contributed by atoms with Crippen molar-refractivity contribution in [3.8, 4) is 17.2 Å². The van der Waals surface area contributed by atoms with Gasteiger partial charge in [-0.1, -0.05) is 49.2 Å². The van der Waals surface area contributed by atoms with E-state index < -0.39 is 17.5 Å². The van der Waals surface area contributed by atoms with Crippen LogP contribution < -0.4 is 9.47 Å². The molecule has 0 aromatic heterocycles. The first-order valence-corrected chi connectivity index (χ1v) is 12.5. The van der Waals surface area contributed by atoms with Gasteiger partial charge in [0.1, 0.15) is 28.4 Å². The fourth-order valence-corrected chi connectivity index (χ4v) is 4.72. The molecule has 0 bridgehead atoms. The molecule has 0 heterocycles. The lowest BCUT2D eigenvalue weighted by atomic mass is 9.71. The zero-order valence-electron chi connectivity index (χ0n) is 22.0. The van der Waals surface area contributed by atoms with Crippen LogP contribution in [0.15, 0.2) is 72.8 Å². The third kappa shape index (κ3) is 7.12. The number of carboxylic acids is 1. The van der Waals surface area contributed by atoms with Crippen LogP contribution in [-0.4, -0.2) is 59.9 Å². The number of methoxy groups -OCH3 is 1. The Bertz CT molecular complexity index is 1240. The molecular formula is C30H35NO7. The van der Waals surface area contributed by atoms with Gasteiger partial charge in [0.15, 0.2) is 0 Å². The molecule has 3 aromatic rings. The molecule has 3 N–H and O–H groups in total. The number of aliphatic hydroxyl groups is 1. The summed E-state index contributed by atoms with van der Waals surface area (Å²) >= 11 is 0. The third-order valence-corrected chi connectivity index (χ3v) is 6.64. The summed E-state index contributed by atoms with van der Waals surface area (Å²) in [6.07, 6.45) is 4.24. The Morgan fingerprint density at radius 1 is 0.974 bits per heavy atom. The van der Waals surface area contributed by atoms with Crippen LogP contribution in [0.4, 0.5) is 0 Å². The Kier molecular flexibility index (Phi) is 9.87. The van der Waals surface area contributed by atoms with Gasteiger partial charge in [0.05, 0.1) is 12.7 Å². The van der Waals surface area contributed by atoms with Gasteiger partial charge in [0.25, 0.3) is 0 Å². The summed E-state index contributed by atoms with van der Waals surface area (Å²) in [4.78, 5) is 25.0. The van der Waals surface area contributed by atoms with Crippen molar-refractivity contribution in [1.82, 2.24) is 4.90 Å². The normalized spacial score (nSPS) is 18.7. The van der Waals surface area contributed by atoms with Crippen molar-refractivity contribution in [2.24, 2.45) is 5.92 Å². The van der Waals surface area contributed by atoms with Gasteiger partial charge in [-0.15, -0.1) is 0 Å². The van der Waals surface area contributed by atoms with Crippen LogP contribution >= 0.6 is 0 Å². The molecule has 0 spiro atoms. The molecule has 3 aromatic carbocycles. The number of benzene rings is 3. The number of rotatable bonds is 7. The van der Waals surface area contributed by atoms with Crippen LogP contribution in [0.2, 0.25) is 0 Å². The van der Waals surface area contributed by atoms with Gasteiger partial charge in [-0.2, -0.15) is 0 Å². The fraction of sp³-hybridized carbons (Fsp3) is 0.333. The first kappa shape index (κ1) is 28.7. The molecule has 4 rings (SSSR count). The van der Waals surface area contributed by atoms with Crippen molar-refractivity contribution >= 4 is 11.9 Å². The van der Waals surface area contributed by atoms with Crippen molar-refractivity contribution in [2.75, 3.05) is 27.7 Å². The number of carboxylic acid groups (broad SMARTS) is 1. The highest BCUT2D eigenvalue weighted by molar-refractivity contribution is 5.96. The number of aromatic carboxylic acids is 1. The first-order chi connectivity index (χ1) is 18.2. The van der Waals surface area contributed by atoms with Crippen molar-refractivity contribution in [1.29, 1.82) is 0 Å². The summed E-state index contributed by atoms with van der Waals surface area (Å²) in [6.45, 7) is 0.924. The molecule has 202 valence electrons. The molecule has 0 radical (unpaired) electrons. The van der Waals surface area contributed by atoms with E-state index in [1.54, 1.807) is 25.3 Å². The number of ether oxygens (including phenoxy) is 2. The van der Waals surface area contributed by atoms with E-state index in [0.717, 1.165) is 37.1 Å². The van der Waals surface area contributed by atoms with Crippen molar-refractivity contribution in [3.05, 3.63) is 89.5 Å². The number of aromatic hydroxyl groups is 1. The second kappa shape index (κ2) is 13.1. The van der Waals surface area contributed by atoms with Crippen LogP contribution in [0.3, 0.4) is 0 Å². The molecule has 38 heavy (non-hydrogen) atoms. The molecular weight excluding hydrogens is 486 g/mol. The summed E-state index contributed by atoms with van der Waals surface area (Å²) in [6, 6.07) is 19.6. The van der Waals surface area contributed by atoms with Gasteiger partial charge in [-0.25, -0.2) is 9.59 Å². The molecule has 1 fully saturated rings. The molecule has 1 aliphatic rings. The highest BCUT2D eigenvalue weighted by Crippen LogP contribution is 2.42. The largest absolute Gasteiger partial charge is 0.507 e. The number of hydrogen-bond acceptors (Lipinski definition) is 7. The average Bonchev–Trinajstić information content (AvgIpc) is 2.90. The number of phenols is 1. The predicted molar refractivity (Wildman–Crippen MR) is 144 cm³/mol. The minimum atomic E-state index is -1.19. The Hall–Kier alpha value is -3.88. The molecule has 1 saturated carbocycles. The lowest BCUT2D eigenvalue weighted by Gasteiger charge is -2.41. The average molecular weight is 522 g/mol. The van der Waals surface area contributed by atoms with Crippen LogP contribution in [-0.2, 0) is 5.60 Å². The van der Waals surface area contributed by atoms with E-state index >= 15 is 0 Å². The molecule has 8 nitrogen and oxygen atoms in total. The second-order valence-corrected chi connectivity index (χ2v) is 9.57. The maximum atomic E-state index is 11.8. The van der Waals surface area contributed by atoms with E-state index in [1.807, 2.05) is 24.3 Å². The van der Waals surface area contributed by atoms with E-state index in [2.05, 4.69) is 19.0 Å². The minimum Gasteiger partial charge on any atom is -0.507 e. The quantitative estimate of drug-likeness (QED) is 0.296. The number of carbonyl (C=O) groups excluding carboxylic acids is 1. The van der Waals surface area contributed by atoms with Crippen molar-refractivity contribution < 1.29 is 34.4 Å². The predicted octanol–water partition coefficient (Wildman–Crippen LogP) is 4.94. The summed E-state index contributed by atoms with van der Waals surface area (Å²) in [5, 5.41) is 29.7. The van der Waals surface area contributed by atoms with Crippen molar-refractivity contribution in [3.63, 3.8) is 0 Å².